The van der Waals surface area contributed by atoms with Gasteiger partial charge in [0.1, 0.15) is 11.1 Å². The molecule has 0 bridgehead atoms. The van der Waals surface area contributed by atoms with Crippen molar-refractivity contribution in [2.45, 2.75) is 44.9 Å². The number of nitrogens with zero attached hydrogens (tertiary/aromatic N) is 1. The van der Waals surface area contributed by atoms with Crippen molar-refractivity contribution in [1.82, 2.24) is 4.90 Å². The zero-order chi connectivity index (χ0) is 18.9. The second kappa shape index (κ2) is 6.48. The van der Waals surface area contributed by atoms with Crippen LogP contribution in [0.25, 0.3) is 0 Å². The number of cyclic esters (lactones) is 1. The van der Waals surface area contributed by atoms with Crippen molar-refractivity contribution < 1.29 is 19.1 Å². The van der Waals surface area contributed by atoms with Crippen molar-refractivity contribution in [3.63, 3.8) is 0 Å². The van der Waals surface area contributed by atoms with Gasteiger partial charge in [0.25, 0.3) is 0 Å². The number of carbonyl (C=O) groups is 2. The molecule has 26 heavy (non-hydrogen) atoms. The normalized spacial score (nSPS) is 22.8. The van der Waals surface area contributed by atoms with E-state index in [0.717, 1.165) is 16.0 Å². The van der Waals surface area contributed by atoms with Gasteiger partial charge in [-0.2, -0.15) is 4.90 Å². The van der Waals surface area contributed by atoms with Crippen LogP contribution < -0.4 is 0 Å². The predicted molar refractivity (Wildman–Crippen MR) is 97.5 cm³/mol. The largest absolute Gasteiger partial charge is 0.443 e. The van der Waals surface area contributed by atoms with Gasteiger partial charge in [-0.1, -0.05) is 60.7 Å². The van der Waals surface area contributed by atoms with Crippen LogP contribution in [0.2, 0.25) is 0 Å². The summed E-state index contributed by atoms with van der Waals surface area (Å²) in [5, 5.41) is 0. The highest BCUT2D eigenvalue weighted by atomic mass is 16.6. The summed E-state index contributed by atoms with van der Waals surface area (Å²) in [7, 11) is 0. The summed E-state index contributed by atoms with van der Waals surface area (Å²) >= 11 is 0. The molecule has 2 amide bonds. The minimum atomic E-state index is -1.03. The van der Waals surface area contributed by atoms with E-state index < -0.39 is 29.4 Å². The lowest BCUT2D eigenvalue weighted by atomic mass is 9.82. The number of hydrogen-bond acceptors (Lipinski definition) is 4. The molecule has 136 valence electrons. The van der Waals surface area contributed by atoms with E-state index in [9.17, 15) is 9.59 Å². The van der Waals surface area contributed by atoms with Crippen LogP contribution >= 0.6 is 0 Å². The van der Waals surface area contributed by atoms with Crippen LogP contribution in [0.5, 0.6) is 0 Å². The van der Waals surface area contributed by atoms with Gasteiger partial charge in [-0.25, -0.2) is 9.59 Å². The molecular formula is C21H23NO4. The highest BCUT2D eigenvalue weighted by Crippen LogP contribution is 2.48. The number of ether oxygens (including phenoxy) is 2. The molecule has 1 fully saturated rings. The Kier molecular flexibility index (Phi) is 4.48. The van der Waals surface area contributed by atoms with Crippen molar-refractivity contribution in [2.75, 3.05) is 0 Å². The van der Waals surface area contributed by atoms with E-state index in [1.54, 1.807) is 20.8 Å². The maximum absolute atomic E-state index is 12.8. The van der Waals surface area contributed by atoms with Gasteiger partial charge in [0.15, 0.2) is 6.10 Å². The monoisotopic (exact) mass is 353 g/mol. The zero-order valence-electron chi connectivity index (χ0n) is 15.4. The first-order valence-electron chi connectivity index (χ1n) is 8.58. The highest BCUT2D eigenvalue weighted by Gasteiger charge is 2.57. The molecule has 0 saturated carbocycles. The van der Waals surface area contributed by atoms with Crippen molar-refractivity contribution in [3.05, 3.63) is 71.8 Å². The van der Waals surface area contributed by atoms with Crippen molar-refractivity contribution in [2.24, 2.45) is 0 Å². The Balaban J connectivity index is 2.11. The first kappa shape index (κ1) is 18.0. The number of benzene rings is 2. The summed E-state index contributed by atoms with van der Waals surface area (Å²) in [5.41, 5.74) is -0.134. The minimum absolute atomic E-state index is 0.633. The molecule has 1 aliphatic heterocycles. The molecule has 5 heteroatoms. The van der Waals surface area contributed by atoms with Crippen molar-refractivity contribution in [1.29, 1.82) is 0 Å². The van der Waals surface area contributed by atoms with Gasteiger partial charge in [0.2, 0.25) is 0 Å². The predicted octanol–water partition coefficient (Wildman–Crippen LogP) is 5.03. The van der Waals surface area contributed by atoms with E-state index in [-0.39, 0.29) is 0 Å². The fourth-order valence-electron chi connectivity index (χ4n) is 3.22. The van der Waals surface area contributed by atoms with Crippen LogP contribution in [0.3, 0.4) is 0 Å². The molecule has 1 heterocycles. The van der Waals surface area contributed by atoms with Crippen LogP contribution in [0.4, 0.5) is 9.59 Å². The lowest BCUT2D eigenvalue weighted by Gasteiger charge is -2.35. The molecule has 2 aromatic carbocycles. The second-order valence-corrected chi connectivity index (χ2v) is 7.50. The van der Waals surface area contributed by atoms with Gasteiger partial charge in [-0.05, 0) is 38.8 Å². The minimum Gasteiger partial charge on any atom is -0.443 e. The van der Waals surface area contributed by atoms with Gasteiger partial charge >= 0.3 is 12.2 Å². The molecule has 0 N–H and O–H groups in total. The van der Waals surface area contributed by atoms with E-state index in [4.69, 9.17) is 9.47 Å². The first-order chi connectivity index (χ1) is 12.2. The fourth-order valence-corrected chi connectivity index (χ4v) is 3.22. The van der Waals surface area contributed by atoms with Gasteiger partial charge in [0.05, 0.1) is 0 Å². The first-order valence-corrected chi connectivity index (χ1v) is 8.58. The summed E-state index contributed by atoms with van der Waals surface area (Å²) in [4.78, 5) is 26.6. The van der Waals surface area contributed by atoms with Crippen molar-refractivity contribution >= 4 is 12.2 Å². The van der Waals surface area contributed by atoms with E-state index in [2.05, 4.69) is 0 Å². The lowest BCUT2D eigenvalue weighted by molar-refractivity contribution is 0.0160. The summed E-state index contributed by atoms with van der Waals surface area (Å²) in [6.07, 6.45) is -2.06. The summed E-state index contributed by atoms with van der Waals surface area (Å²) in [6, 6.07) is 18.8. The standard InChI is InChI=1S/C21H23NO4/c1-20(2,3)26-19(24)22-18(23)25-17(15-11-7-5-8-12-15)21(22,4)16-13-9-6-10-14-16/h5-14,17H,1-4H3/t17-,21?/m1/s1. The quantitative estimate of drug-likeness (QED) is 0.760. The third kappa shape index (κ3) is 3.17. The molecule has 0 aromatic heterocycles. The Morgan fingerprint density at radius 1 is 1.04 bits per heavy atom. The number of carbonyl (C=O) groups excluding carboxylic acids is 2. The van der Waals surface area contributed by atoms with E-state index in [1.165, 1.54) is 0 Å². The van der Waals surface area contributed by atoms with Gasteiger partial charge < -0.3 is 9.47 Å². The van der Waals surface area contributed by atoms with Crippen LogP contribution in [0, 0.1) is 0 Å². The Bertz CT molecular complexity index is 798. The average molecular weight is 353 g/mol. The summed E-state index contributed by atoms with van der Waals surface area (Å²) in [6.45, 7) is 7.12. The molecule has 1 saturated heterocycles. The molecule has 1 aliphatic rings. The van der Waals surface area contributed by atoms with E-state index in [0.29, 0.717) is 0 Å². The Labute approximate surface area is 153 Å². The summed E-state index contributed by atoms with van der Waals surface area (Å²) in [5.74, 6) is 0. The SMILES string of the molecule is CC(C)(C)OC(=O)N1C(=O)O[C@H](c2ccccc2)C1(C)c1ccccc1. The molecule has 0 radical (unpaired) electrons. The Hall–Kier alpha value is -2.82. The number of rotatable bonds is 2. The maximum atomic E-state index is 12.8. The topological polar surface area (TPSA) is 55.8 Å². The second-order valence-electron chi connectivity index (χ2n) is 7.50. The van der Waals surface area contributed by atoms with Crippen LogP contribution in [0.1, 0.15) is 44.9 Å². The van der Waals surface area contributed by atoms with Crippen LogP contribution in [-0.4, -0.2) is 22.7 Å². The Morgan fingerprint density at radius 2 is 1.58 bits per heavy atom. The van der Waals surface area contributed by atoms with Gasteiger partial charge in [-0.3, -0.25) is 0 Å². The number of imide groups is 1. The zero-order valence-corrected chi connectivity index (χ0v) is 15.4. The van der Waals surface area contributed by atoms with Crippen LogP contribution in [-0.2, 0) is 15.0 Å². The van der Waals surface area contributed by atoms with Gasteiger partial charge in [0, 0.05) is 0 Å². The third-order valence-electron chi connectivity index (χ3n) is 4.41. The average Bonchev–Trinajstić information content (AvgIpc) is 2.87. The van der Waals surface area contributed by atoms with E-state index in [1.807, 2.05) is 67.6 Å². The molecule has 1 unspecified atom stereocenters. The molecule has 2 aromatic rings. The highest BCUT2D eigenvalue weighted by molar-refractivity contribution is 5.91. The van der Waals surface area contributed by atoms with Gasteiger partial charge in [-0.15, -0.1) is 0 Å². The molecule has 3 rings (SSSR count). The maximum Gasteiger partial charge on any atom is 0.420 e. The van der Waals surface area contributed by atoms with Crippen molar-refractivity contribution in [3.8, 4) is 0 Å². The number of hydrogen-bond donors (Lipinski definition) is 0. The smallest absolute Gasteiger partial charge is 0.420 e. The third-order valence-corrected chi connectivity index (χ3v) is 4.41. The molecule has 0 spiro atoms. The van der Waals surface area contributed by atoms with Crippen LogP contribution in [0.15, 0.2) is 60.7 Å². The summed E-state index contributed by atoms with van der Waals surface area (Å²) < 4.78 is 11.1. The molecule has 0 aliphatic carbocycles. The number of amides is 2. The molecule has 5 nitrogen and oxygen atoms in total. The van der Waals surface area contributed by atoms with E-state index >= 15 is 0 Å². The lowest BCUT2D eigenvalue weighted by Crippen LogP contribution is -2.48. The Morgan fingerprint density at radius 3 is 2.12 bits per heavy atom. The molecular weight excluding hydrogens is 330 g/mol. The fraction of sp³-hybridized carbons (Fsp3) is 0.333. The molecule has 2 atom stereocenters.